The lowest BCUT2D eigenvalue weighted by molar-refractivity contribution is 0.102. The lowest BCUT2D eigenvalue weighted by Gasteiger charge is -2.12. The largest absolute Gasteiger partial charge is 0.363 e. The van der Waals surface area contributed by atoms with Crippen molar-refractivity contribution >= 4 is 29.0 Å². The molecule has 4 nitrogen and oxygen atoms in total. The maximum Gasteiger partial charge on any atom is 0.274 e. The molecule has 0 saturated carbocycles. The van der Waals surface area contributed by atoms with E-state index in [1.807, 2.05) is 37.2 Å². The van der Waals surface area contributed by atoms with Crippen LogP contribution in [0.15, 0.2) is 42.5 Å². The minimum atomic E-state index is -0.281. The number of aromatic nitrogens is 1. The van der Waals surface area contributed by atoms with E-state index in [0.29, 0.717) is 16.4 Å². The number of para-hydroxylation sites is 1. The highest BCUT2D eigenvalue weighted by molar-refractivity contribution is 6.33. The molecular formula is C14H14ClN3O. The number of benzene rings is 1. The minimum absolute atomic E-state index is 0.281. The van der Waals surface area contributed by atoms with E-state index in [4.69, 9.17) is 11.6 Å². The van der Waals surface area contributed by atoms with Gasteiger partial charge in [-0.1, -0.05) is 29.8 Å². The first-order chi connectivity index (χ1) is 9.08. The molecule has 1 heterocycles. The lowest BCUT2D eigenvalue weighted by Crippen LogP contribution is -2.17. The van der Waals surface area contributed by atoms with Crippen molar-refractivity contribution in [3.05, 3.63) is 53.2 Å². The number of amides is 1. The van der Waals surface area contributed by atoms with Crippen LogP contribution in [-0.2, 0) is 0 Å². The smallest absolute Gasteiger partial charge is 0.274 e. The topological polar surface area (TPSA) is 45.2 Å². The average molecular weight is 276 g/mol. The molecule has 0 aliphatic heterocycles. The fourth-order valence-electron chi connectivity index (χ4n) is 1.55. The molecule has 0 spiro atoms. The number of halogens is 1. The molecule has 98 valence electrons. The Labute approximate surface area is 117 Å². The van der Waals surface area contributed by atoms with Crippen molar-refractivity contribution in [3.63, 3.8) is 0 Å². The van der Waals surface area contributed by atoms with Gasteiger partial charge in [0.1, 0.15) is 11.5 Å². The van der Waals surface area contributed by atoms with Gasteiger partial charge >= 0.3 is 0 Å². The molecule has 0 saturated heterocycles. The maximum atomic E-state index is 12.1. The Hall–Kier alpha value is -2.07. The Bertz CT molecular complexity index is 599. The first kappa shape index (κ1) is 13.4. The predicted octanol–water partition coefficient (Wildman–Crippen LogP) is 3.05. The summed E-state index contributed by atoms with van der Waals surface area (Å²) in [5, 5.41) is 3.24. The Balaban J connectivity index is 2.21. The zero-order valence-electron chi connectivity index (χ0n) is 10.7. The monoisotopic (exact) mass is 275 g/mol. The Morgan fingerprint density at radius 2 is 1.89 bits per heavy atom. The maximum absolute atomic E-state index is 12.1. The van der Waals surface area contributed by atoms with Gasteiger partial charge in [0.05, 0.1) is 10.7 Å². The van der Waals surface area contributed by atoms with Gasteiger partial charge in [-0.3, -0.25) is 4.79 Å². The van der Waals surface area contributed by atoms with Crippen LogP contribution < -0.4 is 10.2 Å². The molecule has 0 unspecified atom stereocenters. The molecule has 0 aliphatic rings. The molecule has 1 amide bonds. The fourth-order valence-corrected chi connectivity index (χ4v) is 1.73. The lowest BCUT2D eigenvalue weighted by atomic mass is 10.3. The Morgan fingerprint density at radius 3 is 2.58 bits per heavy atom. The first-order valence-corrected chi connectivity index (χ1v) is 6.16. The number of nitrogens with one attached hydrogen (secondary N) is 1. The van der Waals surface area contributed by atoms with E-state index in [1.54, 1.807) is 24.3 Å². The van der Waals surface area contributed by atoms with Crippen LogP contribution >= 0.6 is 11.6 Å². The molecule has 0 bridgehead atoms. The highest BCUT2D eigenvalue weighted by atomic mass is 35.5. The van der Waals surface area contributed by atoms with Crippen LogP contribution in [0.4, 0.5) is 11.5 Å². The van der Waals surface area contributed by atoms with Gasteiger partial charge in [-0.25, -0.2) is 4.98 Å². The second-order valence-electron chi connectivity index (χ2n) is 4.21. The summed E-state index contributed by atoms with van der Waals surface area (Å²) in [6.07, 6.45) is 0. The molecule has 2 rings (SSSR count). The summed E-state index contributed by atoms with van der Waals surface area (Å²) in [6.45, 7) is 0. The van der Waals surface area contributed by atoms with Crippen molar-refractivity contribution in [2.24, 2.45) is 0 Å². The number of anilines is 2. The van der Waals surface area contributed by atoms with E-state index in [-0.39, 0.29) is 5.91 Å². The SMILES string of the molecule is CN(C)c1cccc(C(=O)Nc2ccccc2Cl)n1. The van der Waals surface area contributed by atoms with Crippen molar-refractivity contribution in [1.82, 2.24) is 4.98 Å². The third kappa shape index (κ3) is 3.23. The molecule has 0 radical (unpaired) electrons. The molecule has 0 aliphatic carbocycles. The van der Waals surface area contributed by atoms with Crippen molar-refractivity contribution < 1.29 is 4.79 Å². The van der Waals surface area contributed by atoms with Crippen molar-refractivity contribution in [3.8, 4) is 0 Å². The van der Waals surface area contributed by atoms with E-state index in [0.717, 1.165) is 5.82 Å². The summed E-state index contributed by atoms with van der Waals surface area (Å²) in [5.41, 5.74) is 0.928. The zero-order chi connectivity index (χ0) is 13.8. The van der Waals surface area contributed by atoms with E-state index in [9.17, 15) is 4.79 Å². The van der Waals surface area contributed by atoms with Gasteiger partial charge in [-0.05, 0) is 24.3 Å². The van der Waals surface area contributed by atoms with Gasteiger partial charge < -0.3 is 10.2 Å². The highest BCUT2D eigenvalue weighted by Gasteiger charge is 2.10. The summed E-state index contributed by atoms with van der Waals surface area (Å²) >= 11 is 5.99. The molecule has 2 aromatic rings. The van der Waals surface area contributed by atoms with Gasteiger partial charge in [-0.2, -0.15) is 0 Å². The third-order valence-corrected chi connectivity index (χ3v) is 2.88. The predicted molar refractivity (Wildman–Crippen MR) is 78.0 cm³/mol. The highest BCUT2D eigenvalue weighted by Crippen LogP contribution is 2.21. The van der Waals surface area contributed by atoms with Crippen LogP contribution in [0.5, 0.6) is 0 Å². The summed E-state index contributed by atoms with van der Waals surface area (Å²) in [6, 6.07) is 12.4. The molecule has 5 heteroatoms. The van der Waals surface area contributed by atoms with E-state index in [2.05, 4.69) is 10.3 Å². The van der Waals surface area contributed by atoms with Gasteiger partial charge in [-0.15, -0.1) is 0 Å². The van der Waals surface area contributed by atoms with Crippen LogP contribution in [0.25, 0.3) is 0 Å². The molecular weight excluding hydrogens is 262 g/mol. The normalized spacial score (nSPS) is 10.1. The molecule has 1 N–H and O–H groups in total. The van der Waals surface area contributed by atoms with Crippen LogP contribution in [-0.4, -0.2) is 25.0 Å². The van der Waals surface area contributed by atoms with Crippen LogP contribution in [0.2, 0.25) is 5.02 Å². The Kier molecular flexibility index (Phi) is 4.02. The van der Waals surface area contributed by atoms with Gasteiger partial charge in [0.2, 0.25) is 0 Å². The summed E-state index contributed by atoms with van der Waals surface area (Å²) < 4.78 is 0. The molecule has 1 aromatic carbocycles. The number of carbonyl (C=O) groups excluding carboxylic acids is 1. The first-order valence-electron chi connectivity index (χ1n) is 5.78. The number of hydrogen-bond donors (Lipinski definition) is 1. The van der Waals surface area contributed by atoms with Gasteiger partial charge in [0, 0.05) is 14.1 Å². The molecule has 0 fully saturated rings. The van der Waals surface area contributed by atoms with Crippen LogP contribution in [0, 0.1) is 0 Å². The van der Waals surface area contributed by atoms with Gasteiger partial charge in [0.15, 0.2) is 0 Å². The van der Waals surface area contributed by atoms with Crippen LogP contribution in [0.1, 0.15) is 10.5 Å². The van der Waals surface area contributed by atoms with Crippen molar-refractivity contribution in [1.29, 1.82) is 0 Å². The fraction of sp³-hybridized carbons (Fsp3) is 0.143. The number of hydrogen-bond acceptors (Lipinski definition) is 3. The number of pyridine rings is 1. The van der Waals surface area contributed by atoms with Crippen molar-refractivity contribution in [2.75, 3.05) is 24.3 Å². The van der Waals surface area contributed by atoms with Crippen molar-refractivity contribution in [2.45, 2.75) is 0 Å². The minimum Gasteiger partial charge on any atom is -0.363 e. The molecule has 1 aromatic heterocycles. The summed E-state index contributed by atoms with van der Waals surface area (Å²) in [5.74, 6) is 0.448. The zero-order valence-corrected chi connectivity index (χ0v) is 11.5. The standard InChI is InChI=1S/C14H14ClN3O/c1-18(2)13-9-5-8-12(16-13)14(19)17-11-7-4-3-6-10(11)15/h3-9H,1-2H3,(H,17,19). The van der Waals surface area contributed by atoms with E-state index < -0.39 is 0 Å². The van der Waals surface area contributed by atoms with Crippen LogP contribution in [0.3, 0.4) is 0 Å². The second-order valence-corrected chi connectivity index (χ2v) is 4.62. The molecule has 0 atom stereocenters. The summed E-state index contributed by atoms with van der Waals surface area (Å²) in [4.78, 5) is 18.2. The summed E-state index contributed by atoms with van der Waals surface area (Å²) in [7, 11) is 3.75. The second kappa shape index (κ2) is 5.71. The number of nitrogens with zero attached hydrogens (tertiary/aromatic N) is 2. The number of carbonyl (C=O) groups is 1. The quantitative estimate of drug-likeness (QED) is 0.936. The molecule has 19 heavy (non-hydrogen) atoms. The average Bonchev–Trinajstić information content (AvgIpc) is 2.41. The third-order valence-electron chi connectivity index (χ3n) is 2.55. The van der Waals surface area contributed by atoms with E-state index >= 15 is 0 Å². The number of rotatable bonds is 3. The van der Waals surface area contributed by atoms with E-state index in [1.165, 1.54) is 0 Å². The van der Waals surface area contributed by atoms with Gasteiger partial charge in [0.25, 0.3) is 5.91 Å². The Morgan fingerprint density at radius 1 is 1.16 bits per heavy atom.